The highest BCUT2D eigenvalue weighted by atomic mass is 35.5. The molecule has 0 saturated carbocycles. The van der Waals surface area contributed by atoms with Crippen LogP contribution in [-0.4, -0.2) is 17.1 Å². The molecule has 0 aliphatic heterocycles. The highest BCUT2D eigenvalue weighted by Gasteiger charge is 2.06. The van der Waals surface area contributed by atoms with E-state index in [-0.39, 0.29) is 0 Å². The van der Waals surface area contributed by atoms with E-state index in [9.17, 15) is 0 Å². The van der Waals surface area contributed by atoms with E-state index in [0.29, 0.717) is 28.2 Å². The molecule has 2 heterocycles. The van der Waals surface area contributed by atoms with Gasteiger partial charge in [0.05, 0.1) is 7.11 Å². The highest BCUT2D eigenvalue weighted by molar-refractivity contribution is 6.31. The van der Waals surface area contributed by atoms with Crippen LogP contribution in [0.25, 0.3) is 10.8 Å². The number of hydrogen-bond acceptors (Lipinski definition) is 5. The zero-order valence-corrected chi connectivity index (χ0v) is 12.1. The average molecular weight is 301 g/mol. The Balaban J connectivity index is 2.05. The van der Waals surface area contributed by atoms with E-state index < -0.39 is 0 Å². The first-order valence-electron chi connectivity index (χ1n) is 6.28. The van der Waals surface area contributed by atoms with Gasteiger partial charge in [-0.25, -0.2) is 9.97 Å². The van der Waals surface area contributed by atoms with Crippen LogP contribution in [0.4, 0.5) is 17.5 Å². The van der Waals surface area contributed by atoms with Gasteiger partial charge in [0.15, 0.2) is 0 Å². The predicted octanol–water partition coefficient (Wildman–Crippen LogP) is 3.62. The lowest BCUT2D eigenvalue weighted by Crippen LogP contribution is -2.00. The number of methoxy groups -OCH3 is 1. The minimum atomic E-state index is 0.370. The summed E-state index contributed by atoms with van der Waals surface area (Å²) in [6, 6.07) is 11.0. The van der Waals surface area contributed by atoms with Crippen LogP contribution in [-0.2, 0) is 0 Å². The van der Waals surface area contributed by atoms with Crippen molar-refractivity contribution in [3.63, 3.8) is 0 Å². The van der Waals surface area contributed by atoms with Gasteiger partial charge in [0.25, 0.3) is 0 Å². The molecule has 0 aliphatic rings. The third-order valence-corrected chi connectivity index (χ3v) is 3.26. The molecule has 0 bridgehead atoms. The zero-order chi connectivity index (χ0) is 14.8. The predicted molar refractivity (Wildman–Crippen MR) is 85.2 cm³/mol. The largest absolute Gasteiger partial charge is 0.496 e. The number of nitrogen functional groups attached to an aromatic ring is 1. The molecule has 0 amide bonds. The van der Waals surface area contributed by atoms with Crippen LogP contribution >= 0.6 is 11.6 Å². The minimum Gasteiger partial charge on any atom is -0.496 e. The van der Waals surface area contributed by atoms with Gasteiger partial charge < -0.3 is 15.8 Å². The summed E-state index contributed by atoms with van der Waals surface area (Å²) in [7, 11) is 1.58. The summed E-state index contributed by atoms with van der Waals surface area (Å²) in [5.41, 5.74) is 5.75. The number of pyridine rings is 2. The smallest absolute Gasteiger partial charge is 0.139 e. The molecule has 0 unspecified atom stereocenters. The number of halogens is 1. The van der Waals surface area contributed by atoms with Crippen LogP contribution in [0.2, 0.25) is 5.02 Å². The number of hydrogen-bond donors (Lipinski definition) is 2. The Labute approximate surface area is 126 Å². The van der Waals surface area contributed by atoms with Crippen molar-refractivity contribution >= 4 is 39.8 Å². The Hall–Kier alpha value is -2.53. The number of benzene rings is 1. The molecular weight excluding hydrogens is 288 g/mol. The van der Waals surface area contributed by atoms with Crippen LogP contribution < -0.4 is 15.8 Å². The second kappa shape index (κ2) is 5.46. The number of anilines is 3. The van der Waals surface area contributed by atoms with Crippen molar-refractivity contribution in [1.29, 1.82) is 0 Å². The van der Waals surface area contributed by atoms with Gasteiger partial charge in [-0.2, -0.15) is 0 Å². The first-order chi connectivity index (χ1) is 10.2. The summed E-state index contributed by atoms with van der Waals surface area (Å²) < 4.78 is 5.18. The fraction of sp³-hybridized carbons (Fsp3) is 0.0667. The number of ether oxygens (including phenoxy) is 1. The van der Waals surface area contributed by atoms with Gasteiger partial charge >= 0.3 is 0 Å². The second-order valence-electron chi connectivity index (χ2n) is 4.47. The van der Waals surface area contributed by atoms with Crippen LogP contribution in [0.15, 0.2) is 42.6 Å². The standard InChI is InChI=1S/C15H13ClN4O/c1-21-11-7-13(17)19-14(8-11)20-15-12-6-10(16)3-2-9(12)4-5-18-15/h2-8H,1H3,(H3,17,18,19,20). The zero-order valence-electron chi connectivity index (χ0n) is 11.3. The van der Waals surface area contributed by atoms with Gasteiger partial charge in [-0.3, -0.25) is 0 Å². The molecule has 3 rings (SSSR count). The van der Waals surface area contributed by atoms with Crippen LogP contribution in [0.3, 0.4) is 0 Å². The van der Waals surface area contributed by atoms with E-state index in [1.807, 2.05) is 24.3 Å². The molecule has 0 atom stereocenters. The van der Waals surface area contributed by atoms with Crippen molar-refractivity contribution in [1.82, 2.24) is 9.97 Å². The molecule has 6 heteroatoms. The Morgan fingerprint density at radius 3 is 2.86 bits per heavy atom. The topological polar surface area (TPSA) is 73.1 Å². The molecule has 0 fully saturated rings. The molecule has 0 spiro atoms. The Morgan fingerprint density at radius 1 is 1.19 bits per heavy atom. The Bertz CT molecular complexity index is 807. The molecule has 2 aromatic heterocycles. The summed E-state index contributed by atoms with van der Waals surface area (Å²) in [6.07, 6.45) is 1.72. The molecule has 5 nitrogen and oxygen atoms in total. The van der Waals surface area contributed by atoms with Crippen molar-refractivity contribution in [3.05, 3.63) is 47.6 Å². The van der Waals surface area contributed by atoms with E-state index in [0.717, 1.165) is 10.8 Å². The summed E-state index contributed by atoms with van der Waals surface area (Å²) in [4.78, 5) is 8.56. The molecule has 0 radical (unpaired) electrons. The lowest BCUT2D eigenvalue weighted by molar-refractivity contribution is 0.415. The molecule has 21 heavy (non-hydrogen) atoms. The van der Waals surface area contributed by atoms with E-state index in [2.05, 4.69) is 15.3 Å². The molecule has 3 aromatic rings. The molecule has 3 N–H and O–H groups in total. The van der Waals surface area contributed by atoms with E-state index in [1.54, 1.807) is 25.4 Å². The fourth-order valence-corrected chi connectivity index (χ4v) is 2.24. The van der Waals surface area contributed by atoms with E-state index in [4.69, 9.17) is 22.1 Å². The maximum absolute atomic E-state index is 6.06. The van der Waals surface area contributed by atoms with Crippen LogP contribution in [0.5, 0.6) is 5.75 Å². The normalized spacial score (nSPS) is 10.6. The SMILES string of the molecule is COc1cc(N)nc(Nc2nccc3ccc(Cl)cc23)c1. The van der Waals surface area contributed by atoms with Crippen molar-refractivity contribution in [3.8, 4) is 5.75 Å². The van der Waals surface area contributed by atoms with Gasteiger partial charge in [-0.1, -0.05) is 17.7 Å². The Kier molecular flexibility index (Phi) is 3.50. The number of aromatic nitrogens is 2. The molecule has 106 valence electrons. The minimum absolute atomic E-state index is 0.370. The number of fused-ring (bicyclic) bond motifs is 1. The monoisotopic (exact) mass is 300 g/mol. The second-order valence-corrected chi connectivity index (χ2v) is 4.90. The van der Waals surface area contributed by atoms with Crippen LogP contribution in [0, 0.1) is 0 Å². The van der Waals surface area contributed by atoms with Crippen molar-refractivity contribution in [2.45, 2.75) is 0 Å². The first-order valence-corrected chi connectivity index (χ1v) is 6.66. The molecular formula is C15H13ClN4O. The number of nitrogens with zero attached hydrogens (tertiary/aromatic N) is 2. The van der Waals surface area contributed by atoms with Gasteiger partial charge in [0.1, 0.15) is 23.2 Å². The average Bonchev–Trinajstić information content (AvgIpc) is 2.47. The van der Waals surface area contributed by atoms with Gasteiger partial charge in [0.2, 0.25) is 0 Å². The third kappa shape index (κ3) is 2.83. The molecule has 1 aromatic carbocycles. The Morgan fingerprint density at radius 2 is 2.05 bits per heavy atom. The summed E-state index contributed by atoms with van der Waals surface area (Å²) in [5, 5.41) is 5.74. The summed E-state index contributed by atoms with van der Waals surface area (Å²) in [5.74, 6) is 2.22. The molecule has 0 aliphatic carbocycles. The van der Waals surface area contributed by atoms with E-state index in [1.165, 1.54) is 0 Å². The third-order valence-electron chi connectivity index (χ3n) is 3.03. The van der Waals surface area contributed by atoms with Gasteiger partial charge in [-0.15, -0.1) is 0 Å². The maximum Gasteiger partial charge on any atom is 0.139 e. The fourth-order valence-electron chi connectivity index (χ4n) is 2.07. The van der Waals surface area contributed by atoms with Crippen molar-refractivity contribution in [2.75, 3.05) is 18.2 Å². The van der Waals surface area contributed by atoms with Crippen molar-refractivity contribution in [2.24, 2.45) is 0 Å². The van der Waals surface area contributed by atoms with E-state index >= 15 is 0 Å². The summed E-state index contributed by atoms with van der Waals surface area (Å²) in [6.45, 7) is 0. The number of nitrogens with two attached hydrogens (primary N) is 1. The molecule has 0 saturated heterocycles. The van der Waals surface area contributed by atoms with Crippen molar-refractivity contribution < 1.29 is 4.74 Å². The van der Waals surface area contributed by atoms with Crippen LogP contribution in [0.1, 0.15) is 0 Å². The quantitative estimate of drug-likeness (QED) is 0.773. The maximum atomic E-state index is 6.06. The number of nitrogens with one attached hydrogen (secondary N) is 1. The van der Waals surface area contributed by atoms with Gasteiger partial charge in [-0.05, 0) is 23.6 Å². The lowest BCUT2D eigenvalue weighted by atomic mass is 10.1. The van der Waals surface area contributed by atoms with Gasteiger partial charge in [0, 0.05) is 28.7 Å². The summed E-state index contributed by atoms with van der Waals surface area (Å²) >= 11 is 6.06. The number of rotatable bonds is 3. The first kappa shape index (κ1) is 13.5. The lowest BCUT2D eigenvalue weighted by Gasteiger charge is -2.10. The highest BCUT2D eigenvalue weighted by Crippen LogP contribution is 2.28.